The van der Waals surface area contributed by atoms with Crippen molar-refractivity contribution < 1.29 is 0 Å². The van der Waals surface area contributed by atoms with Gasteiger partial charge in [0, 0.05) is 17.7 Å². The first kappa shape index (κ1) is 7.67. The Morgan fingerprint density at radius 3 is 3.00 bits per heavy atom. The van der Waals surface area contributed by atoms with Crippen molar-refractivity contribution in [2.24, 2.45) is 7.05 Å². The zero-order chi connectivity index (χ0) is 8.72. The standard InChI is InChI=1S/C7H7BrN4/c1-4-5(8)3-9-7-6(4)10-11-12(7)2/h3H,1-2H3. The van der Waals surface area contributed by atoms with Crippen molar-refractivity contribution >= 4 is 27.1 Å². The first-order chi connectivity index (χ1) is 5.70. The van der Waals surface area contributed by atoms with Crippen molar-refractivity contribution in [1.29, 1.82) is 0 Å². The Morgan fingerprint density at radius 2 is 2.25 bits per heavy atom. The molecule has 0 unspecified atom stereocenters. The summed E-state index contributed by atoms with van der Waals surface area (Å²) < 4.78 is 2.63. The van der Waals surface area contributed by atoms with Crippen molar-refractivity contribution in [1.82, 2.24) is 20.0 Å². The third-order valence-corrected chi connectivity index (χ3v) is 2.61. The molecule has 0 N–H and O–H groups in total. The van der Waals surface area contributed by atoms with Crippen LogP contribution in [0, 0.1) is 6.92 Å². The number of hydrogen-bond acceptors (Lipinski definition) is 3. The maximum atomic E-state index is 4.19. The molecule has 0 aliphatic rings. The molecular weight excluding hydrogens is 220 g/mol. The summed E-state index contributed by atoms with van der Waals surface area (Å²) in [6.45, 7) is 1.99. The molecule has 0 saturated heterocycles. The molecule has 2 aromatic heterocycles. The minimum absolute atomic E-state index is 0.815. The number of aryl methyl sites for hydroxylation is 2. The molecule has 0 aromatic carbocycles. The summed E-state index contributed by atoms with van der Waals surface area (Å²) in [7, 11) is 1.83. The molecule has 0 radical (unpaired) electrons. The van der Waals surface area contributed by atoms with Crippen LogP contribution in [-0.4, -0.2) is 20.0 Å². The SMILES string of the molecule is Cc1c(Br)cnc2c1nnn2C. The van der Waals surface area contributed by atoms with Gasteiger partial charge in [-0.2, -0.15) is 0 Å². The van der Waals surface area contributed by atoms with Gasteiger partial charge in [0.2, 0.25) is 0 Å². The monoisotopic (exact) mass is 226 g/mol. The zero-order valence-electron chi connectivity index (χ0n) is 6.74. The Morgan fingerprint density at radius 1 is 1.50 bits per heavy atom. The van der Waals surface area contributed by atoms with E-state index in [9.17, 15) is 0 Å². The minimum atomic E-state index is 0.815. The van der Waals surface area contributed by atoms with Crippen LogP contribution in [0.4, 0.5) is 0 Å². The van der Waals surface area contributed by atoms with Gasteiger partial charge in [-0.05, 0) is 28.4 Å². The number of fused-ring (bicyclic) bond motifs is 1. The molecule has 2 aromatic rings. The molecule has 0 aliphatic carbocycles. The Bertz CT molecular complexity index is 434. The van der Waals surface area contributed by atoms with Crippen LogP contribution >= 0.6 is 15.9 Å². The van der Waals surface area contributed by atoms with Gasteiger partial charge in [-0.1, -0.05) is 5.21 Å². The maximum Gasteiger partial charge on any atom is 0.178 e. The minimum Gasteiger partial charge on any atom is -0.234 e. The lowest BCUT2D eigenvalue weighted by molar-refractivity contribution is 0.730. The van der Waals surface area contributed by atoms with E-state index < -0.39 is 0 Å². The zero-order valence-corrected chi connectivity index (χ0v) is 8.33. The van der Waals surface area contributed by atoms with Gasteiger partial charge < -0.3 is 0 Å². The first-order valence-corrected chi connectivity index (χ1v) is 4.30. The highest BCUT2D eigenvalue weighted by Gasteiger charge is 2.07. The molecule has 4 nitrogen and oxygen atoms in total. The lowest BCUT2D eigenvalue weighted by Crippen LogP contribution is -1.91. The summed E-state index contributed by atoms with van der Waals surface area (Å²) in [5.41, 5.74) is 2.75. The smallest absolute Gasteiger partial charge is 0.178 e. The summed E-state index contributed by atoms with van der Waals surface area (Å²) >= 11 is 3.39. The topological polar surface area (TPSA) is 43.6 Å². The van der Waals surface area contributed by atoms with E-state index in [1.165, 1.54) is 0 Å². The van der Waals surface area contributed by atoms with Crippen LogP contribution in [-0.2, 0) is 7.05 Å². The quantitative estimate of drug-likeness (QED) is 0.683. The first-order valence-electron chi connectivity index (χ1n) is 3.50. The fourth-order valence-electron chi connectivity index (χ4n) is 1.07. The van der Waals surface area contributed by atoms with Gasteiger partial charge in [0.1, 0.15) is 5.52 Å². The fourth-order valence-corrected chi connectivity index (χ4v) is 1.36. The van der Waals surface area contributed by atoms with E-state index in [1.807, 2.05) is 14.0 Å². The van der Waals surface area contributed by atoms with Gasteiger partial charge in [0.25, 0.3) is 0 Å². The van der Waals surface area contributed by atoms with Crippen molar-refractivity contribution in [3.63, 3.8) is 0 Å². The lowest BCUT2D eigenvalue weighted by Gasteiger charge is -1.96. The molecule has 5 heteroatoms. The number of hydrogen-bond donors (Lipinski definition) is 0. The van der Waals surface area contributed by atoms with Gasteiger partial charge in [-0.25, -0.2) is 9.67 Å². The van der Waals surface area contributed by atoms with Crippen molar-refractivity contribution in [3.8, 4) is 0 Å². The third kappa shape index (κ3) is 0.929. The van der Waals surface area contributed by atoms with Crippen LogP contribution in [0.2, 0.25) is 0 Å². The fraction of sp³-hybridized carbons (Fsp3) is 0.286. The molecule has 0 amide bonds. The lowest BCUT2D eigenvalue weighted by atomic mass is 10.3. The average molecular weight is 227 g/mol. The second-order valence-corrected chi connectivity index (χ2v) is 3.47. The largest absolute Gasteiger partial charge is 0.234 e. The summed E-state index contributed by atoms with van der Waals surface area (Å²) in [6.07, 6.45) is 1.76. The third-order valence-electron chi connectivity index (χ3n) is 1.81. The van der Waals surface area contributed by atoms with Crippen LogP contribution < -0.4 is 0 Å². The van der Waals surface area contributed by atoms with Crippen LogP contribution in [0.3, 0.4) is 0 Å². The summed E-state index contributed by atoms with van der Waals surface area (Å²) in [5, 5.41) is 7.88. The van der Waals surface area contributed by atoms with Gasteiger partial charge in [-0.3, -0.25) is 0 Å². The highest BCUT2D eigenvalue weighted by atomic mass is 79.9. The van der Waals surface area contributed by atoms with Gasteiger partial charge in [0.15, 0.2) is 5.65 Å². The highest BCUT2D eigenvalue weighted by molar-refractivity contribution is 9.10. The van der Waals surface area contributed by atoms with E-state index in [0.29, 0.717) is 0 Å². The molecule has 0 aliphatic heterocycles. The predicted molar refractivity (Wildman–Crippen MR) is 48.7 cm³/mol. The molecule has 2 rings (SSSR count). The van der Waals surface area contributed by atoms with E-state index in [1.54, 1.807) is 10.9 Å². The van der Waals surface area contributed by atoms with Crippen molar-refractivity contribution in [2.45, 2.75) is 6.92 Å². The van der Waals surface area contributed by atoms with Crippen molar-refractivity contribution in [3.05, 3.63) is 16.2 Å². The Balaban J connectivity index is 2.93. The van der Waals surface area contributed by atoms with Crippen LogP contribution in [0.15, 0.2) is 10.7 Å². The van der Waals surface area contributed by atoms with E-state index in [4.69, 9.17) is 0 Å². The summed E-state index contributed by atoms with van der Waals surface area (Å²) in [5.74, 6) is 0. The Hall–Kier alpha value is -0.970. The molecule has 0 atom stereocenters. The summed E-state index contributed by atoms with van der Waals surface area (Å²) in [4.78, 5) is 4.19. The van der Waals surface area contributed by atoms with Gasteiger partial charge in [-0.15, -0.1) is 5.10 Å². The maximum absolute atomic E-state index is 4.19. The van der Waals surface area contributed by atoms with Crippen LogP contribution in [0.1, 0.15) is 5.56 Å². The Kier molecular flexibility index (Phi) is 1.61. The molecular formula is C7H7BrN4. The number of rotatable bonds is 0. The van der Waals surface area contributed by atoms with E-state index in [-0.39, 0.29) is 0 Å². The number of aromatic nitrogens is 4. The normalized spacial score (nSPS) is 10.9. The number of pyridine rings is 1. The molecule has 0 spiro atoms. The van der Waals surface area contributed by atoms with E-state index in [0.717, 1.165) is 21.2 Å². The van der Waals surface area contributed by atoms with Gasteiger partial charge >= 0.3 is 0 Å². The molecule has 62 valence electrons. The highest BCUT2D eigenvalue weighted by Crippen LogP contribution is 2.20. The number of halogens is 1. The van der Waals surface area contributed by atoms with E-state index in [2.05, 4.69) is 31.2 Å². The molecule has 0 saturated carbocycles. The Labute approximate surface area is 77.7 Å². The summed E-state index contributed by atoms with van der Waals surface area (Å²) in [6, 6.07) is 0. The molecule has 2 heterocycles. The predicted octanol–water partition coefficient (Wildman–Crippen LogP) is 1.43. The second-order valence-electron chi connectivity index (χ2n) is 2.62. The van der Waals surface area contributed by atoms with Gasteiger partial charge in [0.05, 0.1) is 0 Å². The number of nitrogens with zero attached hydrogens (tertiary/aromatic N) is 4. The second kappa shape index (κ2) is 2.52. The van der Waals surface area contributed by atoms with Crippen LogP contribution in [0.25, 0.3) is 11.2 Å². The molecule has 12 heavy (non-hydrogen) atoms. The van der Waals surface area contributed by atoms with E-state index >= 15 is 0 Å². The molecule has 0 bridgehead atoms. The van der Waals surface area contributed by atoms with Crippen molar-refractivity contribution in [2.75, 3.05) is 0 Å². The molecule has 0 fully saturated rings. The van der Waals surface area contributed by atoms with Crippen LogP contribution in [0.5, 0.6) is 0 Å². The average Bonchev–Trinajstić information content (AvgIpc) is 2.41.